The van der Waals surface area contributed by atoms with Crippen LogP contribution in [0.4, 0.5) is 0 Å². The van der Waals surface area contributed by atoms with E-state index >= 15 is 0 Å². The van der Waals surface area contributed by atoms with E-state index < -0.39 is 5.56 Å². The van der Waals surface area contributed by atoms with Gasteiger partial charge in [0.1, 0.15) is 11.6 Å². The molecule has 1 N–H and O–H groups in total. The van der Waals surface area contributed by atoms with Gasteiger partial charge >= 0.3 is 0 Å². The fourth-order valence-electron chi connectivity index (χ4n) is 1.50. The lowest BCUT2D eigenvalue weighted by molar-refractivity contribution is 0.952. The zero-order valence-corrected chi connectivity index (χ0v) is 9.71. The van der Waals surface area contributed by atoms with Gasteiger partial charge in [-0.15, -0.1) is 0 Å². The molecule has 0 saturated heterocycles. The fourth-order valence-corrected chi connectivity index (χ4v) is 1.50. The van der Waals surface area contributed by atoms with Crippen LogP contribution in [0.5, 0.6) is 0 Å². The van der Waals surface area contributed by atoms with E-state index in [0.717, 1.165) is 5.56 Å². The smallest absolute Gasteiger partial charge is 0.267 e. The van der Waals surface area contributed by atoms with Crippen LogP contribution in [0.25, 0.3) is 12.2 Å². The van der Waals surface area contributed by atoms with E-state index in [0.29, 0.717) is 11.3 Å². The Morgan fingerprint density at radius 3 is 2.94 bits per heavy atom. The van der Waals surface area contributed by atoms with E-state index in [4.69, 9.17) is 5.26 Å². The van der Waals surface area contributed by atoms with Crippen LogP contribution in [-0.4, -0.2) is 15.2 Å². The van der Waals surface area contributed by atoms with Crippen LogP contribution in [0.15, 0.2) is 29.3 Å². The van der Waals surface area contributed by atoms with E-state index in [1.54, 1.807) is 25.4 Å². The Morgan fingerprint density at radius 1 is 1.44 bits per heavy atom. The molecule has 88 valence electrons. The molecule has 2 aromatic heterocycles. The van der Waals surface area contributed by atoms with Crippen LogP contribution < -0.4 is 5.56 Å². The number of rotatable bonds is 2. The molecular formula is C13H10N4O. The Balaban J connectivity index is 2.40. The van der Waals surface area contributed by atoms with Gasteiger partial charge < -0.3 is 0 Å². The molecule has 0 aliphatic carbocycles. The van der Waals surface area contributed by atoms with Crippen LogP contribution in [0, 0.1) is 18.3 Å². The topological polar surface area (TPSA) is 82.4 Å². The van der Waals surface area contributed by atoms with Crippen LogP contribution in [0.1, 0.15) is 22.4 Å². The highest BCUT2D eigenvalue weighted by Crippen LogP contribution is 2.09. The quantitative estimate of drug-likeness (QED) is 0.859. The number of aromatic nitrogens is 3. The van der Waals surface area contributed by atoms with Gasteiger partial charge in [-0.1, -0.05) is 12.1 Å². The highest BCUT2D eigenvalue weighted by Gasteiger charge is 2.07. The second kappa shape index (κ2) is 5.06. The van der Waals surface area contributed by atoms with Gasteiger partial charge in [0, 0.05) is 12.4 Å². The molecule has 0 saturated carbocycles. The van der Waals surface area contributed by atoms with Gasteiger partial charge in [0.15, 0.2) is 0 Å². The Bertz CT molecular complexity index is 680. The lowest BCUT2D eigenvalue weighted by Gasteiger charge is -1.99. The van der Waals surface area contributed by atoms with Gasteiger partial charge in [-0.3, -0.25) is 9.78 Å². The summed E-state index contributed by atoms with van der Waals surface area (Å²) < 4.78 is 0. The number of pyridine rings is 1. The summed E-state index contributed by atoms with van der Waals surface area (Å²) in [4.78, 5) is 15.3. The molecule has 2 heterocycles. The van der Waals surface area contributed by atoms with Gasteiger partial charge in [-0.05, 0) is 30.2 Å². The molecule has 0 aliphatic heterocycles. The molecule has 5 heteroatoms. The first kappa shape index (κ1) is 11.7. The predicted molar refractivity (Wildman–Crippen MR) is 67.5 cm³/mol. The van der Waals surface area contributed by atoms with Crippen molar-refractivity contribution in [3.63, 3.8) is 0 Å². The van der Waals surface area contributed by atoms with E-state index in [1.165, 1.54) is 0 Å². The average molecular weight is 238 g/mol. The summed E-state index contributed by atoms with van der Waals surface area (Å²) in [6, 6.07) is 5.60. The predicted octanol–water partition coefficient (Wildman–Crippen LogP) is 1.52. The maximum absolute atomic E-state index is 11.3. The number of nitrogens with zero attached hydrogens (tertiary/aromatic N) is 3. The minimum absolute atomic E-state index is 0.0934. The number of nitriles is 1. The minimum atomic E-state index is -0.464. The minimum Gasteiger partial charge on any atom is -0.267 e. The maximum atomic E-state index is 11.3. The monoisotopic (exact) mass is 238 g/mol. The summed E-state index contributed by atoms with van der Waals surface area (Å²) in [6.45, 7) is 1.70. The van der Waals surface area contributed by atoms with Gasteiger partial charge in [-0.25, -0.2) is 5.10 Å². The second-order valence-corrected chi connectivity index (χ2v) is 3.67. The molecule has 0 spiro atoms. The largest absolute Gasteiger partial charge is 0.282 e. The van der Waals surface area contributed by atoms with E-state index in [1.807, 2.05) is 24.3 Å². The van der Waals surface area contributed by atoms with Crippen LogP contribution >= 0.6 is 0 Å². The molecule has 0 atom stereocenters. The summed E-state index contributed by atoms with van der Waals surface area (Å²) in [5.74, 6) is 0. The molecular weight excluding hydrogens is 228 g/mol. The number of aromatic amines is 1. The van der Waals surface area contributed by atoms with Gasteiger partial charge in [0.2, 0.25) is 0 Å². The van der Waals surface area contributed by atoms with E-state index in [2.05, 4.69) is 15.2 Å². The molecule has 18 heavy (non-hydrogen) atoms. The lowest BCUT2D eigenvalue weighted by atomic mass is 10.1. The second-order valence-electron chi connectivity index (χ2n) is 3.67. The Hall–Kier alpha value is -2.74. The van der Waals surface area contributed by atoms with Crippen molar-refractivity contribution < 1.29 is 0 Å². The molecule has 2 rings (SSSR count). The average Bonchev–Trinajstić information content (AvgIpc) is 2.40. The third-order valence-electron chi connectivity index (χ3n) is 2.49. The molecule has 0 radical (unpaired) electrons. The van der Waals surface area contributed by atoms with Gasteiger partial charge in [-0.2, -0.15) is 10.4 Å². The summed E-state index contributed by atoms with van der Waals surface area (Å²) in [6.07, 6.45) is 6.96. The van der Waals surface area contributed by atoms with Crippen molar-refractivity contribution >= 4 is 12.2 Å². The molecule has 0 fully saturated rings. The van der Waals surface area contributed by atoms with Crippen molar-refractivity contribution in [2.24, 2.45) is 0 Å². The molecule has 0 amide bonds. The summed E-state index contributed by atoms with van der Waals surface area (Å²) >= 11 is 0. The number of nitrogens with one attached hydrogen (secondary N) is 1. The molecule has 0 aliphatic rings. The first-order chi connectivity index (χ1) is 8.72. The van der Waals surface area contributed by atoms with E-state index in [9.17, 15) is 4.79 Å². The molecule has 0 unspecified atom stereocenters. The number of hydrogen-bond acceptors (Lipinski definition) is 4. The van der Waals surface area contributed by atoms with E-state index in [-0.39, 0.29) is 5.56 Å². The van der Waals surface area contributed by atoms with Gasteiger partial charge in [0.25, 0.3) is 5.56 Å². The zero-order chi connectivity index (χ0) is 13.0. The molecule has 0 aromatic carbocycles. The maximum Gasteiger partial charge on any atom is 0.282 e. The Kier molecular flexibility index (Phi) is 3.30. The van der Waals surface area contributed by atoms with Crippen molar-refractivity contribution in [1.29, 1.82) is 5.26 Å². The number of H-pyrrole nitrogens is 1. The van der Waals surface area contributed by atoms with Crippen molar-refractivity contribution in [3.05, 3.63) is 57.3 Å². The standard InChI is InChI=1S/C13H10N4O/c1-9-11(7-14)13(18)17-16-12(9)5-4-10-3-2-6-15-8-10/h2-6,8H,1H3,(H,17,18)/b5-4+. The van der Waals surface area contributed by atoms with Crippen LogP contribution in [0.3, 0.4) is 0 Å². The summed E-state index contributed by atoms with van der Waals surface area (Å²) in [7, 11) is 0. The van der Waals surface area contributed by atoms with Crippen molar-refractivity contribution in [2.45, 2.75) is 6.92 Å². The third kappa shape index (κ3) is 2.33. The van der Waals surface area contributed by atoms with Crippen molar-refractivity contribution in [3.8, 4) is 6.07 Å². The van der Waals surface area contributed by atoms with Crippen molar-refractivity contribution in [1.82, 2.24) is 15.2 Å². The fraction of sp³-hybridized carbons (Fsp3) is 0.0769. The highest BCUT2D eigenvalue weighted by molar-refractivity contribution is 5.69. The summed E-state index contributed by atoms with van der Waals surface area (Å²) in [5.41, 5.74) is 1.68. The van der Waals surface area contributed by atoms with Crippen molar-refractivity contribution in [2.75, 3.05) is 0 Å². The molecule has 0 bridgehead atoms. The lowest BCUT2D eigenvalue weighted by Crippen LogP contribution is -2.15. The summed E-state index contributed by atoms with van der Waals surface area (Å²) in [5, 5.41) is 15.1. The third-order valence-corrected chi connectivity index (χ3v) is 2.49. The van der Waals surface area contributed by atoms with Crippen LogP contribution in [-0.2, 0) is 0 Å². The first-order valence-electron chi connectivity index (χ1n) is 5.30. The molecule has 2 aromatic rings. The number of hydrogen-bond donors (Lipinski definition) is 1. The van der Waals surface area contributed by atoms with Gasteiger partial charge in [0.05, 0.1) is 5.69 Å². The van der Waals surface area contributed by atoms with Crippen LogP contribution in [0.2, 0.25) is 0 Å². The Morgan fingerprint density at radius 2 is 2.28 bits per heavy atom. The highest BCUT2D eigenvalue weighted by atomic mass is 16.1. The Labute approximate surface area is 103 Å². The first-order valence-corrected chi connectivity index (χ1v) is 5.30. The molecule has 5 nitrogen and oxygen atoms in total. The SMILES string of the molecule is Cc1c(/C=C/c2cccnc2)n[nH]c(=O)c1C#N. The normalized spacial score (nSPS) is 10.4. The zero-order valence-electron chi connectivity index (χ0n) is 9.71.